The van der Waals surface area contributed by atoms with Gasteiger partial charge in [0.15, 0.2) is 0 Å². The van der Waals surface area contributed by atoms with Crippen LogP contribution in [0.25, 0.3) is 6.08 Å². The first-order valence-corrected chi connectivity index (χ1v) is 4.68. The van der Waals surface area contributed by atoms with Crippen molar-refractivity contribution in [1.29, 1.82) is 0 Å². The number of likely N-dealkylation sites (N-methyl/N-ethyl adjacent to an activating group) is 1. The Kier molecular flexibility index (Phi) is 3.73. The van der Waals surface area contributed by atoms with Crippen LogP contribution >= 0.6 is 12.4 Å². The van der Waals surface area contributed by atoms with Crippen molar-refractivity contribution in [3.8, 4) is 0 Å². The molecule has 1 aromatic rings. The fourth-order valence-electron chi connectivity index (χ4n) is 1.86. The van der Waals surface area contributed by atoms with Gasteiger partial charge in [-0.2, -0.15) is 0 Å². The molecule has 1 nitrogen and oxygen atoms in total. The van der Waals surface area contributed by atoms with Gasteiger partial charge in [-0.3, -0.25) is 0 Å². The number of hydrogen-bond donors (Lipinski definition) is 0. The Morgan fingerprint density at radius 1 is 1.21 bits per heavy atom. The van der Waals surface area contributed by atoms with Gasteiger partial charge in [-0.1, -0.05) is 35.9 Å². The first-order valence-electron chi connectivity index (χ1n) is 4.68. The summed E-state index contributed by atoms with van der Waals surface area (Å²) in [5.74, 6) is 0. The lowest BCUT2D eigenvalue weighted by molar-refractivity contribution is 0.444. The average molecular weight is 210 g/mol. The maximum Gasteiger partial charge on any atom is 0.0193 e. The van der Waals surface area contributed by atoms with Crippen LogP contribution in [0, 0.1) is 0 Å². The van der Waals surface area contributed by atoms with E-state index in [1.165, 1.54) is 16.7 Å². The zero-order valence-electron chi connectivity index (χ0n) is 8.66. The summed E-state index contributed by atoms with van der Waals surface area (Å²) < 4.78 is 0. The Morgan fingerprint density at radius 3 is 2.57 bits per heavy atom. The van der Waals surface area contributed by atoms with E-state index in [0.29, 0.717) is 0 Å². The van der Waals surface area contributed by atoms with Crippen molar-refractivity contribution < 1.29 is 0 Å². The lowest BCUT2D eigenvalue weighted by Crippen LogP contribution is -2.14. The monoisotopic (exact) mass is 209 g/mol. The van der Waals surface area contributed by atoms with Crippen LogP contribution in [0.15, 0.2) is 29.8 Å². The maximum absolute atomic E-state index is 2.31. The number of rotatable bonds is 2. The SMILES string of the molecule is CN(C)CC1=Cc2ccccc2C1.Cl. The number of benzene rings is 1. The molecule has 0 aliphatic heterocycles. The molecule has 1 aliphatic rings. The Morgan fingerprint density at radius 2 is 1.93 bits per heavy atom. The van der Waals surface area contributed by atoms with Crippen LogP contribution in [-0.2, 0) is 6.42 Å². The summed E-state index contributed by atoms with van der Waals surface area (Å²) in [4.78, 5) is 2.22. The van der Waals surface area contributed by atoms with Crippen molar-refractivity contribution >= 4 is 18.5 Å². The third kappa shape index (κ3) is 2.37. The third-order valence-electron chi connectivity index (χ3n) is 2.35. The lowest BCUT2D eigenvalue weighted by Gasteiger charge is -2.09. The van der Waals surface area contributed by atoms with Crippen LogP contribution in [-0.4, -0.2) is 25.5 Å². The zero-order chi connectivity index (χ0) is 9.26. The van der Waals surface area contributed by atoms with Gasteiger partial charge in [0.05, 0.1) is 0 Å². The van der Waals surface area contributed by atoms with Crippen molar-refractivity contribution in [1.82, 2.24) is 4.90 Å². The minimum Gasteiger partial charge on any atom is -0.305 e. The second-order valence-electron chi connectivity index (χ2n) is 3.92. The molecule has 1 aromatic carbocycles. The number of hydrogen-bond acceptors (Lipinski definition) is 1. The topological polar surface area (TPSA) is 3.24 Å². The normalized spacial score (nSPS) is 13.5. The molecule has 0 unspecified atom stereocenters. The summed E-state index contributed by atoms with van der Waals surface area (Å²) in [6, 6.07) is 8.63. The zero-order valence-corrected chi connectivity index (χ0v) is 9.47. The van der Waals surface area contributed by atoms with Crippen LogP contribution in [0.1, 0.15) is 11.1 Å². The molecular formula is C12H16ClN. The van der Waals surface area contributed by atoms with Gasteiger partial charge in [0, 0.05) is 6.54 Å². The lowest BCUT2D eigenvalue weighted by atomic mass is 10.1. The van der Waals surface area contributed by atoms with Crippen LogP contribution in [0.3, 0.4) is 0 Å². The molecule has 0 atom stereocenters. The molecule has 0 radical (unpaired) electrons. The first-order chi connectivity index (χ1) is 6.25. The highest BCUT2D eigenvalue weighted by molar-refractivity contribution is 5.85. The average Bonchev–Trinajstić information content (AvgIpc) is 2.44. The van der Waals surface area contributed by atoms with Crippen LogP contribution < -0.4 is 0 Å². The molecule has 0 heterocycles. The van der Waals surface area contributed by atoms with E-state index in [1.807, 2.05) is 0 Å². The molecule has 0 N–H and O–H groups in total. The second-order valence-corrected chi connectivity index (χ2v) is 3.92. The van der Waals surface area contributed by atoms with E-state index in [4.69, 9.17) is 0 Å². The van der Waals surface area contributed by atoms with Crippen LogP contribution in [0.2, 0.25) is 0 Å². The summed E-state index contributed by atoms with van der Waals surface area (Å²) in [5.41, 5.74) is 4.39. The Labute approximate surface area is 91.8 Å². The van der Waals surface area contributed by atoms with E-state index >= 15 is 0 Å². The Balaban J connectivity index is 0.000000980. The molecule has 0 fully saturated rings. The van der Waals surface area contributed by atoms with E-state index in [1.54, 1.807) is 0 Å². The quantitative estimate of drug-likeness (QED) is 0.724. The molecule has 0 saturated carbocycles. The molecule has 0 spiro atoms. The molecule has 0 aromatic heterocycles. The summed E-state index contributed by atoms with van der Waals surface area (Å²) in [7, 11) is 4.23. The highest BCUT2D eigenvalue weighted by atomic mass is 35.5. The highest BCUT2D eigenvalue weighted by Gasteiger charge is 2.11. The van der Waals surface area contributed by atoms with Crippen LogP contribution in [0.4, 0.5) is 0 Å². The first kappa shape index (κ1) is 11.3. The number of halogens is 1. The standard InChI is InChI=1S/C12H15N.ClH/c1-13(2)9-10-7-11-5-3-4-6-12(11)8-10;/h3-7H,8-9H2,1-2H3;1H. The minimum absolute atomic E-state index is 0. The van der Waals surface area contributed by atoms with Gasteiger partial charge in [0.25, 0.3) is 0 Å². The molecular weight excluding hydrogens is 194 g/mol. The minimum atomic E-state index is 0. The van der Waals surface area contributed by atoms with Crippen molar-refractivity contribution in [3.63, 3.8) is 0 Å². The molecule has 0 bridgehead atoms. The molecule has 14 heavy (non-hydrogen) atoms. The van der Waals surface area contributed by atoms with E-state index in [-0.39, 0.29) is 12.4 Å². The Bertz CT molecular complexity index is 342. The summed E-state index contributed by atoms with van der Waals surface area (Å²) in [6.45, 7) is 1.08. The van der Waals surface area contributed by atoms with Gasteiger partial charge < -0.3 is 4.90 Å². The summed E-state index contributed by atoms with van der Waals surface area (Å²) in [6.07, 6.45) is 3.45. The molecule has 0 amide bonds. The smallest absolute Gasteiger partial charge is 0.0193 e. The van der Waals surface area contributed by atoms with E-state index in [2.05, 4.69) is 49.3 Å². The number of fused-ring (bicyclic) bond motifs is 1. The van der Waals surface area contributed by atoms with Gasteiger partial charge in [0.1, 0.15) is 0 Å². The van der Waals surface area contributed by atoms with Crippen LogP contribution in [0.5, 0.6) is 0 Å². The van der Waals surface area contributed by atoms with Gasteiger partial charge in [0.2, 0.25) is 0 Å². The highest BCUT2D eigenvalue weighted by Crippen LogP contribution is 2.24. The predicted octanol–water partition coefficient (Wildman–Crippen LogP) is 2.61. The second kappa shape index (κ2) is 4.63. The number of nitrogens with zero attached hydrogens (tertiary/aromatic N) is 1. The molecule has 0 saturated heterocycles. The third-order valence-corrected chi connectivity index (χ3v) is 2.35. The largest absolute Gasteiger partial charge is 0.305 e. The van der Waals surface area contributed by atoms with Crippen molar-refractivity contribution in [2.45, 2.75) is 6.42 Å². The summed E-state index contributed by atoms with van der Waals surface area (Å²) >= 11 is 0. The Hall–Kier alpha value is -0.790. The van der Waals surface area contributed by atoms with E-state index in [0.717, 1.165) is 13.0 Å². The molecule has 1 aliphatic carbocycles. The maximum atomic E-state index is 2.31. The van der Waals surface area contributed by atoms with Gasteiger partial charge >= 0.3 is 0 Å². The molecule has 2 heteroatoms. The predicted molar refractivity (Wildman–Crippen MR) is 63.9 cm³/mol. The summed E-state index contributed by atoms with van der Waals surface area (Å²) in [5, 5.41) is 0. The van der Waals surface area contributed by atoms with Crippen molar-refractivity contribution in [3.05, 3.63) is 41.0 Å². The van der Waals surface area contributed by atoms with Crippen molar-refractivity contribution in [2.75, 3.05) is 20.6 Å². The fraction of sp³-hybridized carbons (Fsp3) is 0.333. The van der Waals surface area contributed by atoms with Gasteiger partial charge in [-0.05, 0) is 31.6 Å². The fourth-order valence-corrected chi connectivity index (χ4v) is 1.86. The van der Waals surface area contributed by atoms with Gasteiger partial charge in [-0.15, -0.1) is 12.4 Å². The molecule has 76 valence electrons. The van der Waals surface area contributed by atoms with Crippen molar-refractivity contribution in [2.24, 2.45) is 0 Å². The van der Waals surface area contributed by atoms with E-state index < -0.39 is 0 Å². The van der Waals surface area contributed by atoms with E-state index in [9.17, 15) is 0 Å². The molecule has 2 rings (SSSR count). The van der Waals surface area contributed by atoms with Gasteiger partial charge in [-0.25, -0.2) is 0 Å².